The molecule has 154 valence electrons. The number of Topliss-reactive ketones (excluding diaryl/α,β-unsaturated/α-hetero) is 1. The molecule has 0 aliphatic carbocycles. The molecule has 0 aromatic heterocycles. The Hall–Kier alpha value is -3.76. The summed E-state index contributed by atoms with van der Waals surface area (Å²) >= 11 is 0. The molecule has 3 aromatic rings. The van der Waals surface area contributed by atoms with Crippen LogP contribution in [0.2, 0.25) is 0 Å². The van der Waals surface area contributed by atoms with Gasteiger partial charge in [0.05, 0.1) is 22.2 Å². The summed E-state index contributed by atoms with van der Waals surface area (Å²) in [6, 6.07) is 16.9. The Bertz CT molecular complexity index is 1400. The van der Waals surface area contributed by atoms with Crippen LogP contribution in [0.15, 0.2) is 76.7 Å². The van der Waals surface area contributed by atoms with Gasteiger partial charge in [-0.05, 0) is 61.9 Å². The molecule has 31 heavy (non-hydrogen) atoms. The Morgan fingerprint density at radius 2 is 1.71 bits per heavy atom. The maximum Gasteiger partial charge on any atom is 0.214 e. The normalized spacial score (nSPS) is 14.4. The highest BCUT2D eigenvalue weighted by Crippen LogP contribution is 2.41. The van der Waals surface area contributed by atoms with E-state index < -0.39 is 26.3 Å². The van der Waals surface area contributed by atoms with E-state index in [9.17, 15) is 17.6 Å². The van der Waals surface area contributed by atoms with Crippen LogP contribution in [-0.2, 0) is 9.84 Å². The molecule has 0 N–H and O–H groups in total. The van der Waals surface area contributed by atoms with Crippen LogP contribution in [-0.4, -0.2) is 14.2 Å². The zero-order chi connectivity index (χ0) is 22.3. The zero-order valence-corrected chi connectivity index (χ0v) is 17.6. The van der Waals surface area contributed by atoms with Crippen molar-refractivity contribution >= 4 is 27.0 Å². The largest absolute Gasteiger partial charge is 0.314 e. The first-order valence-corrected chi connectivity index (χ1v) is 10.9. The third-order valence-corrected chi connectivity index (χ3v) is 6.92. The van der Waals surface area contributed by atoms with Gasteiger partial charge in [-0.25, -0.2) is 12.8 Å². The van der Waals surface area contributed by atoms with Gasteiger partial charge in [0.2, 0.25) is 15.6 Å². The predicted octanol–water partition coefficient (Wildman–Crippen LogP) is 4.96. The van der Waals surface area contributed by atoms with Crippen LogP contribution in [0.5, 0.6) is 0 Å². The van der Waals surface area contributed by atoms with Crippen molar-refractivity contribution in [1.82, 2.24) is 0 Å². The van der Waals surface area contributed by atoms with Crippen molar-refractivity contribution in [1.29, 1.82) is 5.26 Å². The number of hydrogen-bond acceptors (Lipinski definition) is 5. The molecule has 5 nitrogen and oxygen atoms in total. The molecule has 1 aliphatic rings. The third-order valence-electron chi connectivity index (χ3n) is 5.13. The van der Waals surface area contributed by atoms with E-state index in [1.807, 2.05) is 19.1 Å². The number of allylic oxidation sites excluding steroid dienone is 1. The minimum absolute atomic E-state index is 0.0990. The lowest BCUT2D eigenvalue weighted by molar-refractivity contribution is 0.104. The standard InChI is InChI=1S/C24H17FN2O3S/c1-15-3-9-20(16(2)11-15)24(28)23-14-27(19-7-4-17(13-26)5-8-19)21-12-18(25)6-10-22(21)31(23,29)30/h3-12,14H,1-2H3. The smallest absolute Gasteiger partial charge is 0.214 e. The number of ketones is 1. The fourth-order valence-corrected chi connectivity index (χ4v) is 5.09. The summed E-state index contributed by atoms with van der Waals surface area (Å²) in [6.45, 7) is 3.63. The maximum absolute atomic E-state index is 14.0. The first-order chi connectivity index (χ1) is 14.7. The van der Waals surface area contributed by atoms with E-state index in [1.165, 1.54) is 17.2 Å². The number of nitrogens with zero attached hydrogens (tertiary/aromatic N) is 2. The summed E-state index contributed by atoms with van der Waals surface area (Å²) in [7, 11) is -4.18. The van der Waals surface area contributed by atoms with Crippen molar-refractivity contribution < 1.29 is 17.6 Å². The van der Waals surface area contributed by atoms with Crippen molar-refractivity contribution in [2.24, 2.45) is 0 Å². The number of carbonyl (C=O) groups excluding carboxylic acids is 1. The van der Waals surface area contributed by atoms with Crippen LogP contribution in [0.3, 0.4) is 0 Å². The van der Waals surface area contributed by atoms with Gasteiger partial charge in [0.1, 0.15) is 10.7 Å². The van der Waals surface area contributed by atoms with Crippen molar-refractivity contribution in [2.75, 3.05) is 4.90 Å². The number of anilines is 2. The van der Waals surface area contributed by atoms with E-state index in [1.54, 1.807) is 43.3 Å². The van der Waals surface area contributed by atoms with Crippen LogP contribution < -0.4 is 4.90 Å². The predicted molar refractivity (Wildman–Crippen MR) is 115 cm³/mol. The Kier molecular flexibility index (Phi) is 4.96. The van der Waals surface area contributed by atoms with Crippen LogP contribution >= 0.6 is 0 Å². The van der Waals surface area contributed by atoms with Crippen LogP contribution in [0.25, 0.3) is 0 Å². The monoisotopic (exact) mass is 432 g/mol. The minimum atomic E-state index is -4.18. The molecule has 0 atom stereocenters. The van der Waals surface area contributed by atoms with Gasteiger partial charge in [0.25, 0.3) is 0 Å². The molecule has 1 aliphatic heterocycles. The number of benzene rings is 3. The molecule has 0 saturated heterocycles. The molecular formula is C24H17FN2O3S. The molecule has 0 bridgehead atoms. The minimum Gasteiger partial charge on any atom is -0.314 e. The van der Waals surface area contributed by atoms with Crippen molar-refractivity contribution in [3.63, 3.8) is 0 Å². The number of sulfone groups is 1. The highest BCUT2D eigenvalue weighted by molar-refractivity contribution is 7.96. The second-order valence-electron chi connectivity index (χ2n) is 7.29. The topological polar surface area (TPSA) is 78.2 Å². The van der Waals surface area contributed by atoms with Gasteiger partial charge in [0.15, 0.2) is 0 Å². The molecular weight excluding hydrogens is 415 g/mol. The van der Waals surface area contributed by atoms with E-state index in [0.717, 1.165) is 17.7 Å². The fraction of sp³-hybridized carbons (Fsp3) is 0.0833. The fourth-order valence-electron chi connectivity index (χ4n) is 3.57. The van der Waals surface area contributed by atoms with Gasteiger partial charge in [-0.2, -0.15) is 5.26 Å². The lowest BCUT2D eigenvalue weighted by Crippen LogP contribution is -2.26. The number of aryl methyl sites for hydroxylation is 2. The number of rotatable bonds is 3. The lowest BCUT2D eigenvalue weighted by Gasteiger charge is -2.29. The van der Waals surface area contributed by atoms with Crippen molar-refractivity contribution in [3.05, 3.63) is 99.8 Å². The Morgan fingerprint density at radius 3 is 2.35 bits per heavy atom. The van der Waals surface area contributed by atoms with Gasteiger partial charge < -0.3 is 4.90 Å². The van der Waals surface area contributed by atoms with E-state index in [-0.39, 0.29) is 16.1 Å². The Morgan fingerprint density at radius 1 is 1.00 bits per heavy atom. The van der Waals surface area contributed by atoms with E-state index >= 15 is 0 Å². The van der Waals surface area contributed by atoms with Crippen LogP contribution in [0.1, 0.15) is 27.0 Å². The first-order valence-electron chi connectivity index (χ1n) is 9.40. The number of halogens is 1. The highest BCUT2D eigenvalue weighted by atomic mass is 32.2. The summed E-state index contributed by atoms with van der Waals surface area (Å²) in [5, 5.41) is 9.04. The van der Waals surface area contributed by atoms with Crippen LogP contribution in [0, 0.1) is 31.0 Å². The first kappa shape index (κ1) is 20.5. The lowest BCUT2D eigenvalue weighted by atomic mass is 10.0. The van der Waals surface area contributed by atoms with E-state index in [2.05, 4.69) is 0 Å². The summed E-state index contributed by atoms with van der Waals surface area (Å²) in [5.74, 6) is -1.24. The van der Waals surface area contributed by atoms with E-state index in [0.29, 0.717) is 16.8 Å². The summed E-state index contributed by atoms with van der Waals surface area (Å²) in [4.78, 5) is 14.2. The second-order valence-corrected chi connectivity index (χ2v) is 9.17. The molecule has 4 rings (SSSR count). The average molecular weight is 432 g/mol. The molecule has 1 heterocycles. The second kappa shape index (κ2) is 7.49. The van der Waals surface area contributed by atoms with E-state index in [4.69, 9.17) is 5.26 Å². The SMILES string of the molecule is Cc1ccc(C(=O)C2=CN(c3ccc(C#N)cc3)c3cc(F)ccc3S2(=O)=O)c(C)c1. The van der Waals surface area contributed by atoms with Gasteiger partial charge in [-0.1, -0.05) is 23.8 Å². The van der Waals surface area contributed by atoms with Gasteiger partial charge in [-0.3, -0.25) is 4.79 Å². The molecule has 0 radical (unpaired) electrons. The third kappa shape index (κ3) is 3.51. The number of fused-ring (bicyclic) bond motifs is 1. The Balaban J connectivity index is 1.94. The van der Waals surface area contributed by atoms with Gasteiger partial charge >= 0.3 is 0 Å². The molecule has 0 saturated carbocycles. The van der Waals surface area contributed by atoms with Crippen LogP contribution in [0.4, 0.5) is 15.8 Å². The molecule has 0 unspecified atom stereocenters. The molecule has 0 amide bonds. The number of hydrogen-bond donors (Lipinski definition) is 0. The molecule has 7 heteroatoms. The molecule has 0 fully saturated rings. The highest BCUT2D eigenvalue weighted by Gasteiger charge is 2.36. The average Bonchev–Trinajstić information content (AvgIpc) is 2.73. The number of carbonyl (C=O) groups is 1. The summed E-state index contributed by atoms with van der Waals surface area (Å²) < 4.78 is 40.6. The summed E-state index contributed by atoms with van der Waals surface area (Å²) in [6.07, 6.45) is 1.22. The maximum atomic E-state index is 14.0. The van der Waals surface area contributed by atoms with Crippen molar-refractivity contribution in [3.8, 4) is 6.07 Å². The van der Waals surface area contributed by atoms with Gasteiger partial charge in [-0.15, -0.1) is 0 Å². The van der Waals surface area contributed by atoms with Gasteiger partial charge in [0, 0.05) is 17.5 Å². The Labute approximate surface area is 179 Å². The molecule has 3 aromatic carbocycles. The van der Waals surface area contributed by atoms with Crippen molar-refractivity contribution in [2.45, 2.75) is 18.7 Å². The quantitative estimate of drug-likeness (QED) is 0.432. The number of nitriles is 1. The summed E-state index contributed by atoms with van der Waals surface area (Å²) in [5.41, 5.74) is 2.91. The molecule has 0 spiro atoms. The zero-order valence-electron chi connectivity index (χ0n) is 16.8.